The van der Waals surface area contributed by atoms with Crippen LogP contribution in [-0.4, -0.2) is 23.2 Å². The van der Waals surface area contributed by atoms with E-state index in [0.717, 1.165) is 18.4 Å². The maximum absolute atomic E-state index is 14.3. The van der Waals surface area contributed by atoms with E-state index in [0.29, 0.717) is 24.4 Å². The Morgan fingerprint density at radius 2 is 1.73 bits per heavy atom. The molecule has 122 valence electrons. The van der Waals surface area contributed by atoms with Crippen molar-refractivity contribution in [3.05, 3.63) is 35.4 Å². The van der Waals surface area contributed by atoms with Crippen LogP contribution in [0.25, 0.3) is 0 Å². The normalized spacial score (nSPS) is 27.4. The number of benzene rings is 1. The van der Waals surface area contributed by atoms with E-state index in [9.17, 15) is 13.2 Å². The van der Waals surface area contributed by atoms with E-state index in [2.05, 4.69) is 0 Å². The fraction of sp³-hybridized carbons (Fsp3) is 0.667. The minimum absolute atomic E-state index is 0.164. The molecule has 1 aliphatic heterocycles. The second-order valence-electron chi connectivity index (χ2n) is 7.65. The Morgan fingerprint density at radius 1 is 1.09 bits per heavy atom. The molecule has 22 heavy (non-hydrogen) atoms. The Morgan fingerprint density at radius 3 is 2.27 bits per heavy atom. The fourth-order valence-electron chi connectivity index (χ4n) is 4.08. The zero-order chi connectivity index (χ0) is 16.2. The van der Waals surface area contributed by atoms with Gasteiger partial charge in [-0.3, -0.25) is 4.90 Å². The molecule has 4 heteroatoms. The standard InChI is InChI=1S/C18H24F3N/c1-16(2,3)22-12-6-11-17(22,18(19,20)21)15-8-5-4-7-14(15)13-9-10-13/h4-5,7-8,13H,6,9-12H2,1-3H3. The predicted molar refractivity (Wildman–Crippen MR) is 81.8 cm³/mol. The van der Waals surface area contributed by atoms with Crippen LogP contribution in [0.3, 0.4) is 0 Å². The number of alkyl halides is 3. The molecule has 2 fully saturated rings. The van der Waals surface area contributed by atoms with E-state index < -0.39 is 17.3 Å². The summed E-state index contributed by atoms with van der Waals surface area (Å²) in [4.78, 5) is 1.68. The fourth-order valence-corrected chi connectivity index (χ4v) is 4.08. The van der Waals surface area contributed by atoms with Crippen molar-refractivity contribution in [1.29, 1.82) is 0 Å². The van der Waals surface area contributed by atoms with E-state index >= 15 is 0 Å². The molecule has 1 atom stereocenters. The third-order valence-corrected chi connectivity index (χ3v) is 5.08. The lowest BCUT2D eigenvalue weighted by Gasteiger charge is -2.48. The van der Waals surface area contributed by atoms with E-state index in [1.807, 2.05) is 32.9 Å². The van der Waals surface area contributed by atoms with Crippen LogP contribution < -0.4 is 0 Å². The molecule has 1 saturated carbocycles. The highest BCUT2D eigenvalue weighted by atomic mass is 19.4. The summed E-state index contributed by atoms with van der Waals surface area (Å²) in [7, 11) is 0. The monoisotopic (exact) mass is 311 g/mol. The van der Waals surface area contributed by atoms with Gasteiger partial charge in [-0.15, -0.1) is 0 Å². The van der Waals surface area contributed by atoms with Crippen molar-refractivity contribution in [1.82, 2.24) is 4.90 Å². The topological polar surface area (TPSA) is 3.24 Å². The molecule has 0 aromatic heterocycles. The highest BCUT2D eigenvalue weighted by Crippen LogP contribution is 2.56. The first-order chi connectivity index (χ1) is 10.2. The smallest absolute Gasteiger partial charge is 0.281 e. The van der Waals surface area contributed by atoms with Gasteiger partial charge >= 0.3 is 6.18 Å². The first-order valence-corrected chi connectivity index (χ1v) is 8.12. The van der Waals surface area contributed by atoms with Gasteiger partial charge in [0.05, 0.1) is 0 Å². The molecule has 1 nitrogen and oxygen atoms in total. The van der Waals surface area contributed by atoms with Crippen LogP contribution in [0.1, 0.15) is 63.5 Å². The average Bonchev–Trinajstić information content (AvgIpc) is 3.13. The zero-order valence-electron chi connectivity index (χ0n) is 13.5. The summed E-state index contributed by atoms with van der Waals surface area (Å²) in [6, 6.07) is 7.25. The molecule has 0 N–H and O–H groups in total. The molecule has 0 amide bonds. The van der Waals surface area contributed by atoms with Crippen molar-refractivity contribution in [3.63, 3.8) is 0 Å². The molecular formula is C18H24F3N. The second kappa shape index (κ2) is 4.98. The van der Waals surface area contributed by atoms with Gasteiger partial charge in [-0.1, -0.05) is 24.3 Å². The Balaban J connectivity index is 2.20. The molecule has 1 aromatic rings. The van der Waals surface area contributed by atoms with Gasteiger partial charge in [0.2, 0.25) is 0 Å². The SMILES string of the molecule is CC(C)(C)N1CCCC1(c1ccccc1C1CC1)C(F)(F)F. The summed E-state index contributed by atoms with van der Waals surface area (Å²) in [5, 5.41) is 0. The lowest BCUT2D eigenvalue weighted by molar-refractivity contribution is -0.241. The third-order valence-electron chi connectivity index (χ3n) is 5.08. The minimum atomic E-state index is -4.26. The first kappa shape index (κ1) is 15.9. The van der Waals surface area contributed by atoms with Crippen molar-refractivity contribution in [3.8, 4) is 0 Å². The van der Waals surface area contributed by atoms with Crippen LogP contribution in [0.15, 0.2) is 24.3 Å². The molecule has 1 heterocycles. The molecule has 0 radical (unpaired) electrons. The van der Waals surface area contributed by atoms with Gasteiger partial charge in [0.1, 0.15) is 5.54 Å². The van der Waals surface area contributed by atoms with Crippen LogP contribution in [0.2, 0.25) is 0 Å². The van der Waals surface area contributed by atoms with Crippen LogP contribution in [0.5, 0.6) is 0 Å². The lowest BCUT2D eigenvalue weighted by Crippen LogP contribution is -2.59. The number of hydrogen-bond acceptors (Lipinski definition) is 1. The molecule has 1 saturated heterocycles. The maximum Gasteiger partial charge on any atom is 0.411 e. The molecule has 1 unspecified atom stereocenters. The van der Waals surface area contributed by atoms with Gasteiger partial charge in [-0.25, -0.2) is 0 Å². The number of hydrogen-bond donors (Lipinski definition) is 0. The van der Waals surface area contributed by atoms with E-state index in [4.69, 9.17) is 0 Å². The van der Waals surface area contributed by atoms with Crippen molar-refractivity contribution in [2.24, 2.45) is 0 Å². The zero-order valence-corrected chi connectivity index (χ0v) is 13.5. The third kappa shape index (κ3) is 2.36. The van der Waals surface area contributed by atoms with Crippen LogP contribution >= 0.6 is 0 Å². The quantitative estimate of drug-likeness (QED) is 0.724. The van der Waals surface area contributed by atoms with E-state index in [-0.39, 0.29) is 6.42 Å². The van der Waals surface area contributed by atoms with Gasteiger partial charge in [0, 0.05) is 5.54 Å². The van der Waals surface area contributed by atoms with Gasteiger partial charge in [0.25, 0.3) is 0 Å². The van der Waals surface area contributed by atoms with Crippen molar-refractivity contribution < 1.29 is 13.2 Å². The molecule has 3 rings (SSSR count). The Hall–Kier alpha value is -1.03. The number of rotatable bonds is 2. The summed E-state index contributed by atoms with van der Waals surface area (Å²) in [5.41, 5.74) is -0.930. The molecule has 0 bridgehead atoms. The Bertz CT molecular complexity index is 554. The maximum atomic E-state index is 14.3. The lowest BCUT2D eigenvalue weighted by atomic mass is 9.80. The summed E-state index contributed by atoms with van der Waals surface area (Å²) < 4.78 is 42.9. The van der Waals surface area contributed by atoms with Gasteiger partial charge in [-0.2, -0.15) is 13.2 Å². The Labute approximate surface area is 130 Å². The number of halogens is 3. The highest BCUT2D eigenvalue weighted by Gasteiger charge is 2.64. The van der Waals surface area contributed by atoms with Gasteiger partial charge in [0.15, 0.2) is 0 Å². The second-order valence-corrected chi connectivity index (χ2v) is 7.65. The predicted octanol–water partition coefficient (Wildman–Crippen LogP) is 5.22. The van der Waals surface area contributed by atoms with Crippen LogP contribution in [0.4, 0.5) is 13.2 Å². The molecule has 0 spiro atoms. The summed E-state index contributed by atoms with van der Waals surface area (Å²) in [5.74, 6) is 0.317. The van der Waals surface area contributed by atoms with Gasteiger partial charge < -0.3 is 0 Å². The summed E-state index contributed by atoms with van der Waals surface area (Å²) in [6.07, 6.45) is -1.48. The Kier molecular flexibility index (Phi) is 3.59. The summed E-state index contributed by atoms with van der Waals surface area (Å²) in [6.45, 7) is 6.16. The van der Waals surface area contributed by atoms with Crippen molar-refractivity contribution in [2.45, 2.75) is 69.6 Å². The average molecular weight is 311 g/mol. The van der Waals surface area contributed by atoms with E-state index in [1.54, 1.807) is 17.0 Å². The molecule has 2 aliphatic rings. The van der Waals surface area contributed by atoms with Crippen LogP contribution in [-0.2, 0) is 5.54 Å². The highest BCUT2D eigenvalue weighted by molar-refractivity contribution is 5.41. The summed E-state index contributed by atoms with van der Waals surface area (Å²) >= 11 is 0. The molecule has 1 aromatic carbocycles. The number of likely N-dealkylation sites (tertiary alicyclic amines) is 1. The minimum Gasteiger partial charge on any atom is -0.281 e. The van der Waals surface area contributed by atoms with Crippen LogP contribution in [0, 0.1) is 0 Å². The van der Waals surface area contributed by atoms with E-state index in [1.165, 1.54) is 0 Å². The van der Waals surface area contributed by atoms with Crippen molar-refractivity contribution >= 4 is 0 Å². The molecular weight excluding hydrogens is 287 g/mol. The molecule has 1 aliphatic carbocycles. The first-order valence-electron chi connectivity index (χ1n) is 8.12. The number of nitrogens with zero attached hydrogens (tertiary/aromatic N) is 1. The van der Waals surface area contributed by atoms with Gasteiger partial charge in [-0.05, 0) is 70.0 Å². The largest absolute Gasteiger partial charge is 0.411 e. The van der Waals surface area contributed by atoms with Crippen molar-refractivity contribution in [2.75, 3.05) is 6.54 Å².